The van der Waals surface area contributed by atoms with Gasteiger partial charge in [0, 0.05) is 6.42 Å². The molecule has 0 radical (unpaired) electrons. The third-order valence-corrected chi connectivity index (χ3v) is 5.61. The van der Waals surface area contributed by atoms with E-state index in [-0.39, 0.29) is 17.2 Å². The van der Waals surface area contributed by atoms with E-state index in [1.807, 2.05) is 48.5 Å². The number of nitrogens with zero attached hydrogens (tertiary/aromatic N) is 4. The van der Waals surface area contributed by atoms with Crippen LogP contribution in [0.15, 0.2) is 54.9 Å². The summed E-state index contributed by atoms with van der Waals surface area (Å²) in [5.74, 6) is 1.63. The molecule has 2 aromatic heterocycles. The fourth-order valence-corrected chi connectivity index (χ4v) is 3.64. The number of benzene rings is 2. The second kappa shape index (κ2) is 12.4. The molecule has 0 amide bonds. The van der Waals surface area contributed by atoms with E-state index < -0.39 is 0 Å². The van der Waals surface area contributed by atoms with Crippen molar-refractivity contribution in [3.8, 4) is 11.5 Å². The molecule has 2 N–H and O–H groups in total. The molecule has 1 atom stereocenters. The van der Waals surface area contributed by atoms with Gasteiger partial charge in [0.25, 0.3) is 0 Å². The minimum atomic E-state index is -0.355. The number of aromatic nitrogens is 4. The summed E-state index contributed by atoms with van der Waals surface area (Å²) < 4.78 is 23.7. The van der Waals surface area contributed by atoms with Crippen LogP contribution in [-0.2, 0) is 22.7 Å². The second-order valence-corrected chi connectivity index (χ2v) is 8.25. The summed E-state index contributed by atoms with van der Waals surface area (Å²) in [6.07, 6.45) is 1.69. The van der Waals surface area contributed by atoms with E-state index in [0.717, 1.165) is 22.6 Å². The fourth-order valence-electron chi connectivity index (χ4n) is 3.42. The maximum atomic E-state index is 6.14. The van der Waals surface area contributed by atoms with Crippen LogP contribution in [0, 0.1) is 0 Å². The van der Waals surface area contributed by atoms with Gasteiger partial charge in [-0.05, 0) is 35.4 Å². The first kappa shape index (κ1) is 25.5. The maximum absolute atomic E-state index is 6.14. The van der Waals surface area contributed by atoms with Crippen molar-refractivity contribution in [2.24, 2.45) is 0 Å². The smallest absolute Gasteiger partial charge is 0.223 e. The number of anilines is 1. The van der Waals surface area contributed by atoms with Gasteiger partial charge in [-0.2, -0.15) is 14.7 Å². The van der Waals surface area contributed by atoms with Crippen LogP contribution in [0.3, 0.4) is 0 Å². The Bertz CT molecular complexity index is 1250. The van der Waals surface area contributed by atoms with Crippen LogP contribution in [-0.4, -0.2) is 53.2 Å². The molecule has 10 nitrogen and oxygen atoms in total. The molecule has 2 aromatic carbocycles. The van der Waals surface area contributed by atoms with Crippen LogP contribution >= 0.6 is 11.6 Å². The Labute approximate surface area is 213 Å². The molecule has 11 heteroatoms. The predicted octanol–water partition coefficient (Wildman–Crippen LogP) is 3.70. The number of nitrogens with two attached hydrogens (primary N) is 1. The van der Waals surface area contributed by atoms with Crippen molar-refractivity contribution in [2.75, 3.05) is 33.2 Å². The highest BCUT2D eigenvalue weighted by atomic mass is 35.5. The standard InChI is InChI=1S/C25H28ClN5O5/c1-32-19-7-3-17(4-8-19)13-34-12-11-21(15-35-14-18-5-9-20(33-2)10-6-18)36-31-16-28-22-23(26)29-25(27)30-24(22)31/h3-10,16,21H,11-15H2,1-2H3,(H2,27,29,30). The first-order chi connectivity index (χ1) is 17.6. The molecule has 0 spiro atoms. The number of rotatable bonds is 13. The lowest BCUT2D eigenvalue weighted by Crippen LogP contribution is -2.31. The molecule has 4 aromatic rings. The number of nitrogen functional groups attached to an aromatic ring is 1. The summed E-state index contributed by atoms with van der Waals surface area (Å²) in [5, 5.41) is 0.162. The van der Waals surface area contributed by atoms with E-state index in [1.54, 1.807) is 14.2 Å². The normalized spacial score (nSPS) is 12.0. The summed E-state index contributed by atoms with van der Waals surface area (Å²) in [4.78, 5) is 18.5. The lowest BCUT2D eigenvalue weighted by Gasteiger charge is -2.19. The van der Waals surface area contributed by atoms with Gasteiger partial charge in [-0.3, -0.25) is 0 Å². The molecule has 0 fully saturated rings. The van der Waals surface area contributed by atoms with Crippen LogP contribution in [0.2, 0.25) is 5.15 Å². The van der Waals surface area contributed by atoms with Crippen molar-refractivity contribution in [1.29, 1.82) is 0 Å². The Balaban J connectivity index is 1.37. The summed E-state index contributed by atoms with van der Waals surface area (Å²) in [6, 6.07) is 15.4. The monoisotopic (exact) mass is 513 g/mol. The summed E-state index contributed by atoms with van der Waals surface area (Å²) >= 11 is 6.14. The highest BCUT2D eigenvalue weighted by Gasteiger charge is 2.17. The van der Waals surface area contributed by atoms with Crippen molar-refractivity contribution < 1.29 is 23.8 Å². The zero-order valence-corrected chi connectivity index (χ0v) is 20.9. The topological polar surface area (TPSA) is 116 Å². The average Bonchev–Trinajstić information content (AvgIpc) is 3.29. The number of ether oxygens (including phenoxy) is 4. The molecular weight excluding hydrogens is 486 g/mol. The van der Waals surface area contributed by atoms with Gasteiger partial charge in [0.05, 0.1) is 40.6 Å². The van der Waals surface area contributed by atoms with Crippen molar-refractivity contribution in [1.82, 2.24) is 19.7 Å². The van der Waals surface area contributed by atoms with E-state index in [9.17, 15) is 0 Å². The number of hydrogen-bond acceptors (Lipinski definition) is 9. The molecule has 0 aliphatic rings. The predicted molar refractivity (Wildman–Crippen MR) is 135 cm³/mol. The molecule has 36 heavy (non-hydrogen) atoms. The quantitative estimate of drug-likeness (QED) is 0.211. The largest absolute Gasteiger partial charge is 0.497 e. The molecule has 0 saturated heterocycles. The highest BCUT2D eigenvalue weighted by Crippen LogP contribution is 2.19. The van der Waals surface area contributed by atoms with Gasteiger partial charge in [-0.25, -0.2) is 4.98 Å². The van der Waals surface area contributed by atoms with E-state index in [4.69, 9.17) is 41.1 Å². The molecule has 0 saturated carbocycles. The van der Waals surface area contributed by atoms with E-state index in [2.05, 4.69) is 15.0 Å². The molecule has 2 heterocycles. The fraction of sp³-hybridized carbons (Fsp3) is 0.320. The Morgan fingerprint density at radius 1 is 0.889 bits per heavy atom. The maximum Gasteiger partial charge on any atom is 0.223 e. The molecule has 1 unspecified atom stereocenters. The third kappa shape index (κ3) is 6.75. The number of halogens is 1. The molecule has 0 aliphatic heterocycles. The van der Waals surface area contributed by atoms with Crippen molar-refractivity contribution in [3.63, 3.8) is 0 Å². The third-order valence-electron chi connectivity index (χ3n) is 5.35. The SMILES string of the molecule is COc1ccc(COCCC(COCc2ccc(OC)cc2)On2cnc3c(Cl)nc(N)nc32)cc1. The van der Waals surface area contributed by atoms with Crippen LogP contribution in [0.25, 0.3) is 11.2 Å². The molecular formula is C25H28ClN5O5. The van der Waals surface area contributed by atoms with Crippen LogP contribution < -0.4 is 20.0 Å². The van der Waals surface area contributed by atoms with Gasteiger partial charge < -0.3 is 29.5 Å². The summed E-state index contributed by atoms with van der Waals surface area (Å²) in [7, 11) is 3.27. The zero-order chi connectivity index (χ0) is 25.3. The van der Waals surface area contributed by atoms with Gasteiger partial charge in [0.15, 0.2) is 11.3 Å². The first-order valence-electron chi connectivity index (χ1n) is 11.3. The van der Waals surface area contributed by atoms with E-state index in [0.29, 0.717) is 44.0 Å². The Morgan fingerprint density at radius 2 is 1.50 bits per heavy atom. The number of hydrogen-bond donors (Lipinski definition) is 1. The second-order valence-electron chi connectivity index (χ2n) is 7.90. The lowest BCUT2D eigenvalue weighted by atomic mass is 10.2. The number of methoxy groups -OCH3 is 2. The average molecular weight is 514 g/mol. The van der Waals surface area contributed by atoms with E-state index >= 15 is 0 Å². The molecule has 4 rings (SSSR count). The van der Waals surface area contributed by atoms with Gasteiger partial charge >= 0.3 is 0 Å². The number of imidazole rings is 1. The van der Waals surface area contributed by atoms with Crippen LogP contribution in [0.5, 0.6) is 11.5 Å². The van der Waals surface area contributed by atoms with Crippen molar-refractivity contribution in [3.05, 3.63) is 71.1 Å². The summed E-state index contributed by atoms with van der Waals surface area (Å²) in [5.41, 5.74) is 8.61. The van der Waals surface area contributed by atoms with Crippen molar-refractivity contribution >= 4 is 28.7 Å². The zero-order valence-electron chi connectivity index (χ0n) is 20.1. The van der Waals surface area contributed by atoms with Gasteiger partial charge in [0.2, 0.25) is 11.6 Å². The minimum Gasteiger partial charge on any atom is -0.497 e. The van der Waals surface area contributed by atoms with Gasteiger partial charge in [-0.15, -0.1) is 0 Å². The number of fused-ring (bicyclic) bond motifs is 1. The Kier molecular flexibility index (Phi) is 8.77. The first-order valence-corrected chi connectivity index (χ1v) is 11.7. The molecule has 0 aliphatic carbocycles. The Hall–Kier alpha value is -3.60. The Morgan fingerprint density at radius 3 is 2.11 bits per heavy atom. The molecule has 190 valence electrons. The highest BCUT2D eigenvalue weighted by molar-refractivity contribution is 6.33. The van der Waals surface area contributed by atoms with Crippen LogP contribution in [0.1, 0.15) is 17.5 Å². The van der Waals surface area contributed by atoms with Gasteiger partial charge in [-0.1, -0.05) is 35.9 Å². The minimum absolute atomic E-state index is 0.0352. The lowest BCUT2D eigenvalue weighted by molar-refractivity contribution is -0.0418. The molecule has 0 bridgehead atoms. The summed E-state index contributed by atoms with van der Waals surface area (Å²) in [6.45, 7) is 1.65. The van der Waals surface area contributed by atoms with E-state index in [1.165, 1.54) is 11.1 Å². The van der Waals surface area contributed by atoms with Gasteiger partial charge in [0.1, 0.15) is 23.3 Å². The van der Waals surface area contributed by atoms with Crippen LogP contribution in [0.4, 0.5) is 5.95 Å². The van der Waals surface area contributed by atoms with Crippen molar-refractivity contribution in [2.45, 2.75) is 25.7 Å².